The van der Waals surface area contributed by atoms with Crippen LogP contribution in [0.1, 0.15) is 24.1 Å². The zero-order valence-electron chi connectivity index (χ0n) is 11.6. The summed E-state index contributed by atoms with van der Waals surface area (Å²) in [5.41, 5.74) is 10.3. The Morgan fingerprint density at radius 1 is 1.15 bits per heavy atom. The van der Waals surface area contributed by atoms with E-state index < -0.39 is 0 Å². The van der Waals surface area contributed by atoms with Crippen molar-refractivity contribution >= 4 is 22.8 Å². The Kier molecular flexibility index (Phi) is 3.06. The van der Waals surface area contributed by atoms with E-state index in [1.807, 2.05) is 18.2 Å². The smallest absolute Gasteiger partial charge is 0.296 e. The highest BCUT2D eigenvalue weighted by Gasteiger charge is 2.11. The molecule has 3 N–H and O–H groups in total. The van der Waals surface area contributed by atoms with Crippen molar-refractivity contribution in [3.63, 3.8) is 0 Å². The predicted octanol–water partition coefficient (Wildman–Crippen LogP) is 3.89. The summed E-state index contributed by atoms with van der Waals surface area (Å²) in [6, 6.07) is 14.5. The fourth-order valence-corrected chi connectivity index (χ4v) is 2.16. The molecule has 0 spiro atoms. The van der Waals surface area contributed by atoms with Gasteiger partial charge in [-0.2, -0.15) is 4.98 Å². The SMILES string of the molecule is Cc1ccc(C(C)Nc2nc3c(N)cccc3o2)cc1. The maximum Gasteiger partial charge on any atom is 0.296 e. The molecule has 0 amide bonds. The van der Waals surface area contributed by atoms with Gasteiger partial charge < -0.3 is 15.5 Å². The average Bonchev–Trinajstić information content (AvgIpc) is 2.83. The van der Waals surface area contributed by atoms with Crippen molar-refractivity contribution < 1.29 is 4.42 Å². The number of nitrogens with zero attached hydrogens (tertiary/aromatic N) is 1. The quantitative estimate of drug-likeness (QED) is 0.706. The van der Waals surface area contributed by atoms with E-state index in [1.165, 1.54) is 11.1 Å². The third-order valence-electron chi connectivity index (χ3n) is 3.37. The number of para-hydroxylation sites is 1. The summed E-state index contributed by atoms with van der Waals surface area (Å²) in [6.07, 6.45) is 0. The number of nitrogens with two attached hydrogens (primary N) is 1. The molecule has 0 aliphatic carbocycles. The molecule has 3 rings (SSSR count). The number of nitrogen functional groups attached to an aromatic ring is 1. The fraction of sp³-hybridized carbons (Fsp3) is 0.188. The molecule has 0 saturated heterocycles. The molecule has 0 bridgehead atoms. The first-order chi connectivity index (χ1) is 9.63. The van der Waals surface area contributed by atoms with Crippen molar-refractivity contribution in [3.8, 4) is 0 Å². The van der Waals surface area contributed by atoms with Gasteiger partial charge in [0.05, 0.1) is 11.7 Å². The Morgan fingerprint density at radius 3 is 2.60 bits per heavy atom. The van der Waals surface area contributed by atoms with Gasteiger partial charge in [0.1, 0.15) is 5.52 Å². The Hall–Kier alpha value is -2.49. The first-order valence-electron chi connectivity index (χ1n) is 6.61. The van der Waals surface area contributed by atoms with Crippen molar-refractivity contribution in [1.29, 1.82) is 0 Å². The Bertz CT molecular complexity index is 731. The van der Waals surface area contributed by atoms with E-state index in [0.717, 1.165) is 0 Å². The first-order valence-corrected chi connectivity index (χ1v) is 6.61. The number of fused-ring (bicyclic) bond motifs is 1. The molecule has 1 heterocycles. The van der Waals surface area contributed by atoms with Crippen LogP contribution in [0.15, 0.2) is 46.9 Å². The summed E-state index contributed by atoms with van der Waals surface area (Å²) in [7, 11) is 0. The third kappa shape index (κ3) is 2.32. The number of oxazole rings is 1. The number of hydrogen-bond acceptors (Lipinski definition) is 4. The molecule has 20 heavy (non-hydrogen) atoms. The van der Waals surface area contributed by atoms with Crippen LogP contribution in [0.25, 0.3) is 11.1 Å². The molecule has 102 valence electrons. The number of rotatable bonds is 3. The maximum atomic E-state index is 5.88. The van der Waals surface area contributed by atoms with Crippen LogP contribution in [0.3, 0.4) is 0 Å². The lowest BCUT2D eigenvalue weighted by molar-refractivity contribution is 0.604. The van der Waals surface area contributed by atoms with E-state index in [9.17, 15) is 0 Å². The lowest BCUT2D eigenvalue weighted by Crippen LogP contribution is -2.06. The minimum atomic E-state index is 0.116. The molecule has 1 aromatic heterocycles. The van der Waals surface area contributed by atoms with E-state index in [2.05, 4.69) is 48.4 Å². The summed E-state index contributed by atoms with van der Waals surface area (Å²) in [5.74, 6) is 0. The molecule has 0 aliphatic rings. The van der Waals surface area contributed by atoms with Crippen LogP contribution < -0.4 is 11.1 Å². The molecule has 1 unspecified atom stereocenters. The molecule has 1 atom stereocenters. The first kappa shape index (κ1) is 12.5. The van der Waals surface area contributed by atoms with Crippen molar-refractivity contribution in [1.82, 2.24) is 4.98 Å². The van der Waals surface area contributed by atoms with Crippen molar-refractivity contribution in [2.24, 2.45) is 0 Å². The number of anilines is 2. The second-order valence-electron chi connectivity index (χ2n) is 4.99. The van der Waals surface area contributed by atoms with E-state index in [-0.39, 0.29) is 6.04 Å². The van der Waals surface area contributed by atoms with Gasteiger partial charge in [0.15, 0.2) is 5.58 Å². The number of aryl methyl sites for hydroxylation is 1. The van der Waals surface area contributed by atoms with Gasteiger partial charge in [0.2, 0.25) is 0 Å². The van der Waals surface area contributed by atoms with Gasteiger partial charge >= 0.3 is 0 Å². The largest absolute Gasteiger partial charge is 0.423 e. The zero-order chi connectivity index (χ0) is 14.1. The van der Waals surface area contributed by atoms with Crippen LogP contribution in [0.2, 0.25) is 0 Å². The molecule has 3 aromatic rings. The lowest BCUT2D eigenvalue weighted by atomic mass is 10.1. The predicted molar refractivity (Wildman–Crippen MR) is 81.6 cm³/mol. The lowest BCUT2D eigenvalue weighted by Gasteiger charge is -2.12. The zero-order valence-corrected chi connectivity index (χ0v) is 11.6. The topological polar surface area (TPSA) is 64.1 Å². The highest BCUT2D eigenvalue weighted by Crippen LogP contribution is 2.26. The van der Waals surface area contributed by atoms with Crippen molar-refractivity contribution in [2.45, 2.75) is 19.9 Å². The molecule has 0 fully saturated rings. The molecular formula is C16H17N3O. The van der Waals surface area contributed by atoms with E-state index in [0.29, 0.717) is 22.8 Å². The van der Waals surface area contributed by atoms with Gasteiger partial charge in [-0.3, -0.25) is 0 Å². The molecule has 0 radical (unpaired) electrons. The van der Waals surface area contributed by atoms with Gasteiger partial charge in [0, 0.05) is 0 Å². The molecule has 4 heteroatoms. The highest BCUT2D eigenvalue weighted by molar-refractivity contribution is 5.86. The summed E-state index contributed by atoms with van der Waals surface area (Å²) < 4.78 is 5.66. The van der Waals surface area contributed by atoms with Crippen LogP contribution in [0, 0.1) is 6.92 Å². The molecule has 4 nitrogen and oxygen atoms in total. The van der Waals surface area contributed by atoms with E-state index in [1.54, 1.807) is 0 Å². The molecule has 0 aliphatic heterocycles. The monoisotopic (exact) mass is 267 g/mol. The summed E-state index contributed by atoms with van der Waals surface area (Å²) in [5, 5.41) is 3.26. The minimum Gasteiger partial charge on any atom is -0.423 e. The van der Waals surface area contributed by atoms with Crippen molar-refractivity contribution in [2.75, 3.05) is 11.1 Å². The van der Waals surface area contributed by atoms with Gasteiger partial charge in [-0.25, -0.2) is 0 Å². The average molecular weight is 267 g/mol. The van der Waals surface area contributed by atoms with Gasteiger partial charge in [-0.1, -0.05) is 35.9 Å². The molecule has 2 aromatic carbocycles. The van der Waals surface area contributed by atoms with Crippen molar-refractivity contribution in [3.05, 3.63) is 53.6 Å². The second-order valence-corrected chi connectivity index (χ2v) is 4.99. The molecule has 0 saturated carbocycles. The Labute approximate surface area is 117 Å². The fourth-order valence-electron chi connectivity index (χ4n) is 2.16. The number of hydrogen-bond donors (Lipinski definition) is 2. The Balaban J connectivity index is 1.85. The van der Waals surface area contributed by atoms with E-state index in [4.69, 9.17) is 10.2 Å². The normalized spacial score (nSPS) is 12.5. The van der Waals surface area contributed by atoms with Crippen LogP contribution in [-0.2, 0) is 0 Å². The van der Waals surface area contributed by atoms with Crippen LogP contribution in [-0.4, -0.2) is 4.98 Å². The van der Waals surface area contributed by atoms with Gasteiger partial charge in [0.25, 0.3) is 6.01 Å². The van der Waals surface area contributed by atoms with E-state index >= 15 is 0 Å². The minimum absolute atomic E-state index is 0.116. The highest BCUT2D eigenvalue weighted by atomic mass is 16.4. The number of aromatic nitrogens is 1. The Morgan fingerprint density at radius 2 is 1.90 bits per heavy atom. The number of benzene rings is 2. The summed E-state index contributed by atoms with van der Waals surface area (Å²) in [4.78, 5) is 4.39. The summed E-state index contributed by atoms with van der Waals surface area (Å²) >= 11 is 0. The summed E-state index contributed by atoms with van der Waals surface area (Å²) in [6.45, 7) is 4.15. The second kappa shape index (κ2) is 4.89. The van der Waals surface area contributed by atoms with Crippen LogP contribution >= 0.6 is 0 Å². The third-order valence-corrected chi connectivity index (χ3v) is 3.37. The maximum absolute atomic E-state index is 5.88. The molecular weight excluding hydrogens is 250 g/mol. The van der Waals surface area contributed by atoms with Gasteiger partial charge in [-0.05, 0) is 31.5 Å². The standard InChI is InChI=1S/C16H17N3O/c1-10-6-8-12(9-7-10)11(2)18-16-19-15-13(17)4-3-5-14(15)20-16/h3-9,11H,17H2,1-2H3,(H,18,19). The van der Waals surface area contributed by atoms with Crippen LogP contribution in [0.5, 0.6) is 0 Å². The number of nitrogens with one attached hydrogen (secondary N) is 1. The van der Waals surface area contributed by atoms with Gasteiger partial charge in [-0.15, -0.1) is 0 Å². The van der Waals surface area contributed by atoms with Crippen LogP contribution in [0.4, 0.5) is 11.7 Å².